The second kappa shape index (κ2) is 5.51. The summed E-state index contributed by atoms with van der Waals surface area (Å²) in [5, 5.41) is 11.1. The molecule has 0 aromatic heterocycles. The molecular weight excluding hydrogens is 226 g/mol. The summed E-state index contributed by atoms with van der Waals surface area (Å²) in [4.78, 5) is 34.4. The molecule has 7 heteroatoms. The number of nitrogens with two attached hydrogens (primary N) is 1. The van der Waals surface area contributed by atoms with E-state index in [4.69, 9.17) is 10.8 Å². The van der Waals surface area contributed by atoms with E-state index in [0.717, 1.165) is 0 Å². The van der Waals surface area contributed by atoms with Crippen LogP contribution in [0.2, 0.25) is 0 Å². The van der Waals surface area contributed by atoms with Gasteiger partial charge in [-0.1, -0.05) is 0 Å². The van der Waals surface area contributed by atoms with Crippen molar-refractivity contribution in [2.75, 3.05) is 13.1 Å². The largest absolute Gasteiger partial charge is 0.481 e. The van der Waals surface area contributed by atoms with Crippen LogP contribution in [0.1, 0.15) is 19.8 Å². The molecule has 4 N–H and O–H groups in total. The minimum Gasteiger partial charge on any atom is -0.481 e. The van der Waals surface area contributed by atoms with Crippen LogP contribution in [0.25, 0.3) is 0 Å². The van der Waals surface area contributed by atoms with Gasteiger partial charge in [0.25, 0.3) is 0 Å². The van der Waals surface area contributed by atoms with Gasteiger partial charge >= 0.3 is 12.0 Å². The molecule has 0 radical (unpaired) electrons. The summed E-state index contributed by atoms with van der Waals surface area (Å²) in [5.41, 5.74) is 5.03. The number of hydrogen-bond donors (Lipinski definition) is 3. The summed E-state index contributed by atoms with van der Waals surface area (Å²) < 4.78 is 0. The number of nitrogens with one attached hydrogen (secondary N) is 1. The van der Waals surface area contributed by atoms with Crippen LogP contribution in [-0.4, -0.2) is 47.0 Å². The maximum absolute atomic E-state index is 11.7. The first-order valence-electron chi connectivity index (χ1n) is 5.46. The molecule has 96 valence electrons. The van der Waals surface area contributed by atoms with Crippen molar-refractivity contribution in [2.24, 2.45) is 11.7 Å². The zero-order valence-electron chi connectivity index (χ0n) is 9.68. The van der Waals surface area contributed by atoms with Gasteiger partial charge in [-0.15, -0.1) is 0 Å². The van der Waals surface area contributed by atoms with Gasteiger partial charge < -0.3 is 21.1 Å². The second-order valence-corrected chi connectivity index (χ2v) is 4.27. The Morgan fingerprint density at radius 1 is 1.53 bits per heavy atom. The number of carboxylic acids is 1. The SMILES string of the molecule is CC(NC(=O)N1CCC(CC(=O)O)C1)C(N)=O. The summed E-state index contributed by atoms with van der Waals surface area (Å²) in [6, 6.07) is -1.09. The minimum atomic E-state index is -0.859. The van der Waals surface area contributed by atoms with Gasteiger partial charge in [0.1, 0.15) is 6.04 Å². The van der Waals surface area contributed by atoms with Crippen LogP contribution in [0.4, 0.5) is 4.79 Å². The van der Waals surface area contributed by atoms with E-state index in [9.17, 15) is 14.4 Å². The molecule has 1 saturated heterocycles. The third kappa shape index (κ3) is 3.93. The predicted molar refractivity (Wildman–Crippen MR) is 59.1 cm³/mol. The van der Waals surface area contributed by atoms with Gasteiger partial charge in [0.2, 0.25) is 5.91 Å². The van der Waals surface area contributed by atoms with Crippen molar-refractivity contribution in [1.82, 2.24) is 10.2 Å². The topological polar surface area (TPSA) is 113 Å². The highest BCUT2D eigenvalue weighted by Gasteiger charge is 2.28. The molecule has 0 bridgehead atoms. The molecule has 1 heterocycles. The highest BCUT2D eigenvalue weighted by molar-refractivity contribution is 5.85. The normalized spacial score (nSPS) is 21.0. The van der Waals surface area contributed by atoms with Crippen LogP contribution in [0.5, 0.6) is 0 Å². The van der Waals surface area contributed by atoms with Crippen molar-refractivity contribution in [1.29, 1.82) is 0 Å². The number of carbonyl (C=O) groups is 3. The Hall–Kier alpha value is -1.79. The van der Waals surface area contributed by atoms with Crippen molar-refractivity contribution in [3.63, 3.8) is 0 Å². The van der Waals surface area contributed by atoms with E-state index >= 15 is 0 Å². The summed E-state index contributed by atoms with van der Waals surface area (Å²) in [6.07, 6.45) is 0.736. The third-order valence-corrected chi connectivity index (χ3v) is 2.80. The molecule has 1 rings (SSSR count). The first-order chi connectivity index (χ1) is 7.90. The molecule has 1 aliphatic heterocycles. The van der Waals surface area contributed by atoms with E-state index in [0.29, 0.717) is 19.5 Å². The molecule has 0 spiro atoms. The molecule has 3 amide bonds. The molecule has 1 aliphatic rings. The zero-order valence-corrected chi connectivity index (χ0v) is 9.68. The van der Waals surface area contributed by atoms with Crippen molar-refractivity contribution in [3.8, 4) is 0 Å². The van der Waals surface area contributed by atoms with Crippen LogP contribution in [0.3, 0.4) is 0 Å². The van der Waals surface area contributed by atoms with E-state index in [1.807, 2.05) is 0 Å². The molecular formula is C10H17N3O4. The van der Waals surface area contributed by atoms with Gasteiger partial charge in [-0.25, -0.2) is 4.79 Å². The number of rotatable bonds is 4. The Bertz CT molecular complexity index is 332. The standard InChI is InChI=1S/C10H17N3O4/c1-6(9(11)16)12-10(17)13-3-2-7(5-13)4-8(14)15/h6-7H,2-5H2,1H3,(H2,11,16)(H,12,17)(H,14,15). The molecule has 7 nitrogen and oxygen atoms in total. The van der Waals surface area contributed by atoms with Gasteiger partial charge in [-0.3, -0.25) is 9.59 Å². The maximum Gasteiger partial charge on any atom is 0.318 e. The quantitative estimate of drug-likeness (QED) is 0.609. The van der Waals surface area contributed by atoms with Gasteiger partial charge in [-0.2, -0.15) is 0 Å². The van der Waals surface area contributed by atoms with Crippen molar-refractivity contribution >= 4 is 17.9 Å². The number of carbonyl (C=O) groups excluding carboxylic acids is 2. The minimum absolute atomic E-state index is 0.0119. The number of aliphatic carboxylic acids is 1. The number of hydrogen-bond acceptors (Lipinski definition) is 3. The lowest BCUT2D eigenvalue weighted by atomic mass is 10.1. The fraction of sp³-hybridized carbons (Fsp3) is 0.700. The Kier molecular flexibility index (Phi) is 4.30. The lowest BCUT2D eigenvalue weighted by Crippen LogP contribution is -2.47. The summed E-state index contributed by atoms with van der Waals surface area (Å²) >= 11 is 0. The van der Waals surface area contributed by atoms with Crippen LogP contribution in [-0.2, 0) is 9.59 Å². The monoisotopic (exact) mass is 243 g/mol. The van der Waals surface area contributed by atoms with Crippen LogP contribution >= 0.6 is 0 Å². The number of amides is 3. The van der Waals surface area contributed by atoms with E-state index in [1.54, 1.807) is 0 Å². The smallest absolute Gasteiger partial charge is 0.318 e. The number of carboxylic acid groups (broad SMARTS) is 1. The van der Waals surface area contributed by atoms with Crippen molar-refractivity contribution in [2.45, 2.75) is 25.8 Å². The Balaban J connectivity index is 2.40. The average Bonchev–Trinajstić information content (AvgIpc) is 2.64. The fourth-order valence-corrected chi connectivity index (χ4v) is 1.78. The van der Waals surface area contributed by atoms with Crippen molar-refractivity contribution < 1.29 is 19.5 Å². The summed E-state index contributed by atoms with van der Waals surface area (Å²) in [7, 11) is 0. The van der Waals surface area contributed by atoms with E-state index in [-0.39, 0.29) is 18.4 Å². The number of likely N-dealkylation sites (tertiary alicyclic amines) is 1. The molecule has 1 fully saturated rings. The highest BCUT2D eigenvalue weighted by atomic mass is 16.4. The number of urea groups is 1. The molecule has 0 aromatic rings. The summed E-state index contributed by atoms with van der Waals surface area (Å²) in [6.45, 7) is 2.42. The third-order valence-electron chi connectivity index (χ3n) is 2.80. The molecule has 2 unspecified atom stereocenters. The fourth-order valence-electron chi connectivity index (χ4n) is 1.78. The van der Waals surface area contributed by atoms with E-state index in [2.05, 4.69) is 5.32 Å². The van der Waals surface area contributed by atoms with Crippen LogP contribution in [0, 0.1) is 5.92 Å². The second-order valence-electron chi connectivity index (χ2n) is 4.27. The predicted octanol–water partition coefficient (Wildman–Crippen LogP) is -0.634. The first kappa shape index (κ1) is 13.3. The molecule has 0 aromatic carbocycles. The van der Waals surface area contributed by atoms with Crippen LogP contribution in [0.15, 0.2) is 0 Å². The van der Waals surface area contributed by atoms with Gasteiger partial charge in [0.15, 0.2) is 0 Å². The Morgan fingerprint density at radius 2 is 2.18 bits per heavy atom. The molecule has 17 heavy (non-hydrogen) atoms. The number of nitrogens with zero attached hydrogens (tertiary/aromatic N) is 1. The average molecular weight is 243 g/mol. The van der Waals surface area contributed by atoms with Gasteiger partial charge in [-0.05, 0) is 19.3 Å². The Morgan fingerprint density at radius 3 is 2.71 bits per heavy atom. The lowest BCUT2D eigenvalue weighted by molar-refractivity contribution is -0.138. The lowest BCUT2D eigenvalue weighted by Gasteiger charge is -2.19. The maximum atomic E-state index is 11.7. The zero-order chi connectivity index (χ0) is 13.0. The van der Waals surface area contributed by atoms with E-state index < -0.39 is 17.9 Å². The molecule has 2 atom stereocenters. The van der Waals surface area contributed by atoms with Crippen LogP contribution < -0.4 is 11.1 Å². The Labute approximate surface area is 98.9 Å². The highest BCUT2D eigenvalue weighted by Crippen LogP contribution is 2.19. The van der Waals surface area contributed by atoms with Gasteiger partial charge in [0.05, 0.1) is 0 Å². The van der Waals surface area contributed by atoms with Gasteiger partial charge in [0, 0.05) is 19.5 Å². The summed E-state index contributed by atoms with van der Waals surface area (Å²) in [5.74, 6) is -1.47. The van der Waals surface area contributed by atoms with Crippen molar-refractivity contribution in [3.05, 3.63) is 0 Å². The molecule has 0 saturated carbocycles. The number of primary amides is 1. The first-order valence-corrected chi connectivity index (χ1v) is 5.46. The molecule has 0 aliphatic carbocycles. The van der Waals surface area contributed by atoms with E-state index in [1.165, 1.54) is 11.8 Å².